The van der Waals surface area contributed by atoms with E-state index < -0.39 is 10.8 Å². The minimum Gasteiger partial charge on any atom is -0.442 e. The molecule has 2 aromatic heterocycles. The maximum atomic E-state index is 12.0. The van der Waals surface area contributed by atoms with Crippen LogP contribution in [0.5, 0.6) is 0 Å². The van der Waals surface area contributed by atoms with Crippen molar-refractivity contribution in [2.75, 3.05) is 65.8 Å². The fraction of sp³-hybridized carbons (Fsp3) is 0.786. The van der Waals surface area contributed by atoms with Gasteiger partial charge in [-0.15, -0.1) is 10.2 Å². The Morgan fingerprint density at radius 3 is 1.35 bits per heavy atom. The van der Waals surface area contributed by atoms with Gasteiger partial charge < -0.3 is 23.7 Å². The van der Waals surface area contributed by atoms with E-state index in [0.29, 0.717) is 78.9 Å². The van der Waals surface area contributed by atoms with Gasteiger partial charge >= 0.3 is 11.9 Å². The van der Waals surface area contributed by atoms with Crippen LogP contribution in [0, 0.1) is 10.8 Å². The van der Waals surface area contributed by atoms with Crippen molar-refractivity contribution in [3.05, 3.63) is 23.8 Å². The zero-order chi connectivity index (χ0) is 31.3. The van der Waals surface area contributed by atoms with Crippen molar-refractivity contribution in [3.63, 3.8) is 0 Å². The van der Waals surface area contributed by atoms with Gasteiger partial charge in [-0.05, 0) is 41.5 Å². The lowest BCUT2D eigenvalue weighted by Crippen LogP contribution is -2.33. The lowest BCUT2D eigenvalue weighted by atomic mass is 9.97. The second-order valence-electron chi connectivity index (χ2n) is 12.5. The molecular formula is C28H48N8O7. The minimum atomic E-state index is -0.578. The molecule has 1 fully saturated rings. The van der Waals surface area contributed by atoms with Gasteiger partial charge in [0.15, 0.2) is 13.5 Å². The van der Waals surface area contributed by atoms with Crippen LogP contribution in [-0.2, 0) is 59.8 Å². The molecule has 3 rings (SSSR count). The van der Waals surface area contributed by atoms with Crippen LogP contribution in [0.2, 0.25) is 0 Å². The van der Waals surface area contributed by atoms with Crippen LogP contribution < -0.4 is 0 Å². The summed E-state index contributed by atoms with van der Waals surface area (Å²) in [6.07, 6.45) is 3.56. The summed E-state index contributed by atoms with van der Waals surface area (Å²) in [6, 6.07) is 0. The topological polar surface area (TPSA) is 148 Å². The fourth-order valence-corrected chi connectivity index (χ4v) is 3.83. The van der Waals surface area contributed by atoms with Gasteiger partial charge in [0.2, 0.25) is 0 Å². The number of ether oxygens (including phenoxy) is 5. The molecule has 242 valence electrons. The Hall–Kier alpha value is -2.98. The molecule has 0 saturated carbocycles. The highest BCUT2D eigenvalue weighted by Crippen LogP contribution is 2.16. The normalized spacial score (nSPS) is 17.6. The lowest BCUT2D eigenvalue weighted by Gasteiger charge is -2.22. The molecule has 0 unspecified atom stereocenters. The van der Waals surface area contributed by atoms with Crippen molar-refractivity contribution in [2.45, 2.75) is 68.1 Å². The summed E-state index contributed by atoms with van der Waals surface area (Å²) in [5.74, 6) is -0.589. The van der Waals surface area contributed by atoms with E-state index in [2.05, 4.69) is 30.4 Å². The summed E-state index contributed by atoms with van der Waals surface area (Å²) in [5, 5.41) is 16.7. The molecule has 0 aromatic carbocycles. The Morgan fingerprint density at radius 2 is 1.00 bits per heavy atom. The molecule has 0 radical (unpaired) electrons. The van der Waals surface area contributed by atoms with Crippen molar-refractivity contribution in [3.8, 4) is 0 Å². The highest BCUT2D eigenvalue weighted by Gasteiger charge is 2.24. The first kappa shape index (κ1) is 34.5. The van der Waals surface area contributed by atoms with Crippen LogP contribution in [-0.4, -0.2) is 118 Å². The third-order valence-electron chi connectivity index (χ3n) is 6.40. The van der Waals surface area contributed by atoms with Gasteiger partial charge in [-0.2, -0.15) is 0 Å². The van der Waals surface area contributed by atoms with Crippen molar-refractivity contribution in [1.29, 1.82) is 0 Å². The van der Waals surface area contributed by atoms with E-state index in [-0.39, 0.29) is 25.4 Å². The Balaban J connectivity index is 1.47. The lowest BCUT2D eigenvalue weighted by molar-refractivity contribution is -0.158. The molecule has 1 saturated heterocycles. The fourth-order valence-electron chi connectivity index (χ4n) is 3.83. The van der Waals surface area contributed by atoms with Gasteiger partial charge in [0.05, 0.1) is 74.3 Å². The van der Waals surface area contributed by atoms with E-state index in [1.165, 1.54) is 9.36 Å². The first-order valence-electron chi connectivity index (χ1n) is 14.7. The van der Waals surface area contributed by atoms with E-state index in [1.54, 1.807) is 12.4 Å². The summed E-state index contributed by atoms with van der Waals surface area (Å²) in [5.41, 5.74) is 0.373. The number of rotatable bonds is 8. The molecule has 0 aliphatic carbocycles. The molecule has 3 heterocycles. The van der Waals surface area contributed by atoms with Crippen LogP contribution in [0.25, 0.3) is 0 Å². The highest BCUT2D eigenvalue weighted by molar-refractivity contribution is 5.75. The average molecular weight is 609 g/mol. The van der Waals surface area contributed by atoms with Gasteiger partial charge in [0, 0.05) is 39.3 Å². The van der Waals surface area contributed by atoms with Crippen molar-refractivity contribution in [2.24, 2.45) is 10.8 Å². The number of carbonyl (C=O) groups is 2. The van der Waals surface area contributed by atoms with E-state index >= 15 is 0 Å². The molecule has 2 aromatic rings. The van der Waals surface area contributed by atoms with Gasteiger partial charge in [0.1, 0.15) is 0 Å². The van der Waals surface area contributed by atoms with E-state index in [4.69, 9.17) is 23.7 Å². The number of aromatic nitrogens is 6. The van der Waals surface area contributed by atoms with Gasteiger partial charge in [-0.3, -0.25) is 19.4 Å². The van der Waals surface area contributed by atoms with Crippen molar-refractivity contribution < 1.29 is 33.3 Å². The zero-order valence-electron chi connectivity index (χ0n) is 26.5. The van der Waals surface area contributed by atoms with Crippen LogP contribution in [0.1, 0.15) is 52.9 Å². The van der Waals surface area contributed by atoms with Crippen LogP contribution in [0.15, 0.2) is 12.4 Å². The smallest absolute Gasteiger partial charge is 0.313 e. The molecule has 0 N–H and O–H groups in total. The first-order valence-corrected chi connectivity index (χ1v) is 14.7. The molecule has 15 nitrogen and oxygen atoms in total. The van der Waals surface area contributed by atoms with Crippen molar-refractivity contribution in [1.82, 2.24) is 39.8 Å². The Bertz CT molecular complexity index is 1040. The molecule has 1 aliphatic heterocycles. The minimum absolute atomic E-state index is 0.0206. The second kappa shape index (κ2) is 16.8. The van der Waals surface area contributed by atoms with E-state index in [9.17, 15) is 9.59 Å². The molecule has 0 atom stereocenters. The molecule has 0 spiro atoms. The molecule has 1 aliphatic rings. The molecule has 0 amide bonds. The first-order chi connectivity index (χ1) is 20.4. The standard InChI is InChI=1S/C28H48N8O7/c1-27(2,3)25(37)42-21-35-19-23(29-31-35)17-33-7-11-39-12-8-34(10-14-41-16-15-40-13-9-33)18-24-20-36(32-30-24)22-43-26(38)28(4,5)6/h19-20H,7-18,21-22H2,1-6H3. The highest BCUT2D eigenvalue weighted by atomic mass is 16.6. The predicted octanol–water partition coefficient (Wildman–Crippen LogP) is 1.33. The summed E-state index contributed by atoms with van der Waals surface area (Å²) in [7, 11) is 0. The monoisotopic (exact) mass is 608 g/mol. The molecule has 0 bridgehead atoms. The second-order valence-corrected chi connectivity index (χ2v) is 12.5. The number of esters is 2. The summed E-state index contributed by atoms with van der Waals surface area (Å²) in [4.78, 5) is 28.5. The SMILES string of the molecule is CC(C)(C)C(=O)OCn1cc(CN2CCOCCOCCN(Cc3cn(COC(=O)C(C)(C)C)nn3)CCOCC2)nn1. The maximum absolute atomic E-state index is 12.0. The van der Waals surface area contributed by atoms with Gasteiger partial charge in [-0.1, -0.05) is 10.4 Å². The maximum Gasteiger partial charge on any atom is 0.313 e. The number of hydrogen-bond acceptors (Lipinski definition) is 13. The van der Waals surface area contributed by atoms with E-state index in [0.717, 1.165) is 11.4 Å². The summed E-state index contributed by atoms with van der Waals surface area (Å²) < 4.78 is 31.2. The third-order valence-corrected chi connectivity index (χ3v) is 6.40. The van der Waals surface area contributed by atoms with Crippen LogP contribution >= 0.6 is 0 Å². The molecule has 43 heavy (non-hydrogen) atoms. The van der Waals surface area contributed by atoms with Gasteiger partial charge in [0.25, 0.3) is 0 Å². The zero-order valence-corrected chi connectivity index (χ0v) is 26.5. The summed E-state index contributed by atoms with van der Waals surface area (Å²) >= 11 is 0. The van der Waals surface area contributed by atoms with Gasteiger partial charge in [-0.25, -0.2) is 9.36 Å². The Kier molecular flexibility index (Phi) is 13.4. The average Bonchev–Trinajstić information content (AvgIpc) is 3.58. The molecule has 15 heteroatoms. The number of nitrogens with zero attached hydrogens (tertiary/aromatic N) is 8. The quantitative estimate of drug-likeness (QED) is 0.397. The van der Waals surface area contributed by atoms with Crippen LogP contribution in [0.3, 0.4) is 0 Å². The third kappa shape index (κ3) is 13.0. The number of carbonyl (C=O) groups excluding carboxylic acids is 2. The Morgan fingerprint density at radius 1 is 0.651 bits per heavy atom. The van der Waals surface area contributed by atoms with E-state index in [1.807, 2.05) is 41.5 Å². The molecular weight excluding hydrogens is 560 g/mol. The van der Waals surface area contributed by atoms with Crippen LogP contribution in [0.4, 0.5) is 0 Å². The largest absolute Gasteiger partial charge is 0.442 e. The number of hydrogen-bond donors (Lipinski definition) is 0. The summed E-state index contributed by atoms with van der Waals surface area (Å²) in [6.45, 7) is 17.9. The predicted molar refractivity (Wildman–Crippen MR) is 154 cm³/mol. The Labute approximate surface area is 253 Å². The van der Waals surface area contributed by atoms with Crippen molar-refractivity contribution >= 4 is 11.9 Å².